The van der Waals surface area contributed by atoms with Crippen LogP contribution in [0, 0.1) is 5.41 Å². The number of benzene rings is 1. The quantitative estimate of drug-likeness (QED) is 0.691. The first-order valence-corrected chi connectivity index (χ1v) is 11.4. The van der Waals surface area contributed by atoms with Crippen LogP contribution in [0.1, 0.15) is 53.0 Å². The van der Waals surface area contributed by atoms with Gasteiger partial charge in [-0.15, -0.1) is 0 Å². The standard InChI is InChI=1S/C17H22N4O.C6H13NO.C2H6/c1-20-11-3-4-16(20)17(22)18-12-13-5-7-14(8-6-13)15-9-10-19-21(15)2;1-6(2,3)5(7)4-8;1-2/h5-10,16H,3-4,11-12H2,1-2H3,(H,18,22);4-5H,7H2,1-3H3;1-2H3. The summed E-state index contributed by atoms with van der Waals surface area (Å²) in [6.45, 7) is 11.4. The van der Waals surface area contributed by atoms with Gasteiger partial charge in [-0.3, -0.25) is 14.4 Å². The number of hydrogen-bond donors (Lipinski definition) is 2. The number of amides is 1. The molecule has 3 rings (SSSR count). The number of aromatic nitrogens is 2. The van der Waals surface area contributed by atoms with E-state index in [1.54, 1.807) is 6.20 Å². The molecule has 0 bridgehead atoms. The summed E-state index contributed by atoms with van der Waals surface area (Å²) < 4.78 is 1.85. The van der Waals surface area contributed by atoms with E-state index in [1.165, 1.54) is 0 Å². The van der Waals surface area contributed by atoms with Gasteiger partial charge in [0.25, 0.3) is 0 Å². The van der Waals surface area contributed by atoms with Crippen molar-refractivity contribution in [3.8, 4) is 11.3 Å². The summed E-state index contributed by atoms with van der Waals surface area (Å²) in [6, 6.07) is 9.95. The zero-order valence-corrected chi connectivity index (χ0v) is 20.8. The number of nitrogens with two attached hydrogens (primary N) is 1. The third kappa shape index (κ3) is 8.20. The lowest BCUT2D eigenvalue weighted by Gasteiger charge is -2.20. The first-order chi connectivity index (χ1) is 15.1. The summed E-state index contributed by atoms with van der Waals surface area (Å²) in [5, 5.41) is 7.22. The molecular formula is C25H41N5O2. The molecule has 0 saturated carbocycles. The molecule has 1 aromatic heterocycles. The maximum atomic E-state index is 12.2. The van der Waals surface area contributed by atoms with Crippen LogP contribution in [0.4, 0.5) is 0 Å². The summed E-state index contributed by atoms with van der Waals surface area (Å²) in [5.74, 6) is 0.135. The second kappa shape index (κ2) is 13.1. The van der Waals surface area contributed by atoms with Gasteiger partial charge < -0.3 is 15.8 Å². The third-order valence-electron chi connectivity index (χ3n) is 5.51. The number of likely N-dealkylation sites (tertiary alicyclic amines) is 1. The van der Waals surface area contributed by atoms with E-state index in [1.807, 2.05) is 59.5 Å². The molecule has 178 valence electrons. The van der Waals surface area contributed by atoms with Crippen molar-refractivity contribution in [1.82, 2.24) is 20.0 Å². The molecular weight excluding hydrogens is 402 g/mol. The van der Waals surface area contributed by atoms with Crippen molar-refractivity contribution in [2.24, 2.45) is 18.2 Å². The first-order valence-electron chi connectivity index (χ1n) is 11.4. The molecule has 7 heteroatoms. The fraction of sp³-hybridized carbons (Fsp3) is 0.560. The van der Waals surface area contributed by atoms with Gasteiger partial charge in [-0.2, -0.15) is 5.10 Å². The Labute approximate surface area is 193 Å². The van der Waals surface area contributed by atoms with E-state index < -0.39 is 0 Å². The highest BCUT2D eigenvalue weighted by atomic mass is 16.2. The van der Waals surface area contributed by atoms with Gasteiger partial charge in [0.15, 0.2) is 0 Å². The molecule has 3 N–H and O–H groups in total. The second-order valence-electron chi connectivity index (χ2n) is 8.92. The Morgan fingerprint density at radius 1 is 1.22 bits per heavy atom. The van der Waals surface area contributed by atoms with Crippen molar-refractivity contribution in [3.63, 3.8) is 0 Å². The van der Waals surface area contributed by atoms with Crippen molar-refractivity contribution >= 4 is 12.2 Å². The maximum absolute atomic E-state index is 12.2. The molecule has 0 spiro atoms. The summed E-state index contributed by atoms with van der Waals surface area (Å²) in [7, 11) is 3.95. The Balaban J connectivity index is 0.000000436. The molecule has 1 aromatic carbocycles. The SMILES string of the molecule is CC.CC(C)(C)C(N)C=O.CN1CCCC1C(=O)NCc1ccc(-c2ccnn2C)cc1. The predicted octanol–water partition coefficient (Wildman–Crippen LogP) is 3.38. The normalized spacial score (nSPS) is 16.8. The van der Waals surface area contributed by atoms with Crippen molar-refractivity contribution < 1.29 is 9.59 Å². The molecule has 1 saturated heterocycles. The molecule has 7 nitrogen and oxygen atoms in total. The number of aldehydes is 1. The van der Waals surface area contributed by atoms with E-state index in [9.17, 15) is 9.59 Å². The van der Waals surface area contributed by atoms with Crippen LogP contribution in [0.25, 0.3) is 11.3 Å². The second-order valence-corrected chi connectivity index (χ2v) is 8.92. The molecule has 2 atom stereocenters. The fourth-order valence-corrected chi connectivity index (χ4v) is 3.20. The van der Waals surface area contributed by atoms with Gasteiger partial charge in [0.05, 0.1) is 17.8 Å². The highest BCUT2D eigenvalue weighted by Gasteiger charge is 2.27. The van der Waals surface area contributed by atoms with Crippen LogP contribution >= 0.6 is 0 Å². The molecule has 32 heavy (non-hydrogen) atoms. The Hall–Kier alpha value is -2.51. The lowest BCUT2D eigenvalue weighted by molar-refractivity contribution is -0.125. The molecule has 1 aliphatic rings. The zero-order valence-electron chi connectivity index (χ0n) is 20.8. The maximum Gasteiger partial charge on any atom is 0.237 e. The Bertz CT molecular complexity index is 824. The van der Waals surface area contributed by atoms with Crippen LogP contribution in [0.2, 0.25) is 0 Å². The van der Waals surface area contributed by atoms with Gasteiger partial charge in [0, 0.05) is 19.8 Å². The van der Waals surface area contributed by atoms with Crippen LogP contribution in [0.15, 0.2) is 36.5 Å². The van der Waals surface area contributed by atoms with E-state index >= 15 is 0 Å². The van der Waals surface area contributed by atoms with Crippen molar-refractivity contribution in [2.45, 2.75) is 66.1 Å². The van der Waals surface area contributed by atoms with E-state index in [-0.39, 0.29) is 23.4 Å². The third-order valence-corrected chi connectivity index (χ3v) is 5.51. The van der Waals surface area contributed by atoms with Crippen LogP contribution in [-0.4, -0.2) is 52.5 Å². The lowest BCUT2D eigenvalue weighted by Crippen LogP contribution is -2.41. The van der Waals surface area contributed by atoms with Crippen LogP contribution in [-0.2, 0) is 23.2 Å². The van der Waals surface area contributed by atoms with Crippen molar-refractivity contribution in [1.29, 1.82) is 0 Å². The number of carbonyl (C=O) groups is 2. The summed E-state index contributed by atoms with van der Waals surface area (Å²) in [6.07, 6.45) is 4.64. The molecule has 2 aromatic rings. The number of aryl methyl sites for hydroxylation is 1. The average Bonchev–Trinajstić information content (AvgIpc) is 3.41. The molecule has 0 aliphatic carbocycles. The molecule has 2 unspecified atom stereocenters. The minimum Gasteiger partial charge on any atom is -0.351 e. The number of carbonyl (C=O) groups excluding carboxylic acids is 2. The molecule has 1 fully saturated rings. The van der Waals surface area contributed by atoms with Crippen molar-refractivity contribution in [2.75, 3.05) is 13.6 Å². The number of nitrogens with zero attached hydrogens (tertiary/aromatic N) is 3. The Morgan fingerprint density at radius 2 is 1.84 bits per heavy atom. The van der Waals surface area contributed by atoms with Crippen LogP contribution in [0.3, 0.4) is 0 Å². The zero-order chi connectivity index (χ0) is 24.3. The molecule has 1 aliphatic heterocycles. The van der Waals surface area contributed by atoms with Gasteiger partial charge in [-0.25, -0.2) is 0 Å². The monoisotopic (exact) mass is 443 g/mol. The summed E-state index contributed by atoms with van der Waals surface area (Å²) >= 11 is 0. The Morgan fingerprint density at radius 3 is 2.25 bits per heavy atom. The van der Waals surface area contributed by atoms with Gasteiger partial charge in [-0.1, -0.05) is 58.9 Å². The molecule has 1 amide bonds. The average molecular weight is 444 g/mol. The van der Waals surface area contributed by atoms with E-state index in [0.717, 1.165) is 42.5 Å². The topological polar surface area (TPSA) is 93.2 Å². The van der Waals surface area contributed by atoms with Gasteiger partial charge >= 0.3 is 0 Å². The highest BCUT2D eigenvalue weighted by molar-refractivity contribution is 5.82. The Kier molecular flexibility index (Phi) is 11.3. The van der Waals surface area contributed by atoms with Crippen molar-refractivity contribution in [3.05, 3.63) is 42.1 Å². The lowest BCUT2D eigenvalue weighted by atomic mass is 9.89. The predicted molar refractivity (Wildman–Crippen MR) is 131 cm³/mol. The van der Waals surface area contributed by atoms with Gasteiger partial charge in [0.2, 0.25) is 5.91 Å². The number of nitrogens with one attached hydrogen (secondary N) is 1. The number of rotatable bonds is 5. The fourth-order valence-electron chi connectivity index (χ4n) is 3.20. The van der Waals surface area contributed by atoms with Gasteiger partial charge in [0.1, 0.15) is 6.29 Å². The van der Waals surface area contributed by atoms with E-state index in [2.05, 4.69) is 39.6 Å². The minimum atomic E-state index is -0.331. The van der Waals surface area contributed by atoms with Crippen LogP contribution < -0.4 is 11.1 Å². The molecule has 2 heterocycles. The van der Waals surface area contributed by atoms with Gasteiger partial charge in [-0.05, 0) is 49.0 Å². The number of hydrogen-bond acceptors (Lipinski definition) is 5. The van der Waals surface area contributed by atoms with Crippen LogP contribution in [0.5, 0.6) is 0 Å². The summed E-state index contributed by atoms with van der Waals surface area (Å²) in [4.78, 5) is 24.3. The molecule has 0 radical (unpaired) electrons. The largest absolute Gasteiger partial charge is 0.351 e. The highest BCUT2D eigenvalue weighted by Crippen LogP contribution is 2.19. The first kappa shape index (κ1) is 27.5. The number of likely N-dealkylation sites (N-methyl/N-ethyl adjacent to an activating group) is 1. The summed E-state index contributed by atoms with van der Waals surface area (Å²) in [5.41, 5.74) is 8.63. The van der Waals surface area contributed by atoms with E-state index in [0.29, 0.717) is 6.54 Å². The minimum absolute atomic E-state index is 0.0358. The van der Waals surface area contributed by atoms with E-state index in [4.69, 9.17) is 5.73 Å². The smallest absolute Gasteiger partial charge is 0.237 e.